The number of aromatic nitrogens is 8. The van der Waals surface area contributed by atoms with Crippen molar-refractivity contribution >= 4 is 40.5 Å². The number of ether oxygens (including phenoxy) is 1. The van der Waals surface area contributed by atoms with Gasteiger partial charge in [-0.05, 0) is 48.4 Å². The zero-order valence-corrected chi connectivity index (χ0v) is 22.7. The molecular weight excluding hydrogens is 558 g/mol. The molecule has 1 fully saturated rings. The van der Waals surface area contributed by atoms with Crippen molar-refractivity contribution in [2.24, 2.45) is 0 Å². The topological polar surface area (TPSA) is 140 Å². The van der Waals surface area contributed by atoms with Crippen LogP contribution in [-0.2, 0) is 0 Å². The second kappa shape index (κ2) is 10.8. The van der Waals surface area contributed by atoms with E-state index in [1.807, 2.05) is 42.7 Å². The number of rotatable bonds is 7. The summed E-state index contributed by atoms with van der Waals surface area (Å²) in [6.45, 7) is 2.05. The molecule has 4 aromatic heterocycles. The predicted octanol–water partition coefficient (Wildman–Crippen LogP) is 5.07. The third kappa shape index (κ3) is 5.15. The lowest BCUT2D eigenvalue weighted by Crippen LogP contribution is -2.37. The van der Waals surface area contributed by atoms with Gasteiger partial charge in [-0.1, -0.05) is 23.7 Å². The van der Waals surface area contributed by atoms with Crippen LogP contribution in [0.5, 0.6) is 11.8 Å². The summed E-state index contributed by atoms with van der Waals surface area (Å²) in [5.41, 5.74) is 4.04. The van der Waals surface area contributed by atoms with E-state index in [1.54, 1.807) is 22.7 Å². The van der Waals surface area contributed by atoms with E-state index in [2.05, 4.69) is 40.8 Å². The fourth-order valence-electron chi connectivity index (χ4n) is 4.43. The molecule has 0 aliphatic carbocycles. The van der Waals surface area contributed by atoms with E-state index in [0.717, 1.165) is 35.7 Å². The number of hydrogen-bond acceptors (Lipinski definition) is 9. The van der Waals surface area contributed by atoms with Crippen LogP contribution in [0.1, 0.15) is 6.42 Å². The summed E-state index contributed by atoms with van der Waals surface area (Å²) in [4.78, 5) is 29.5. The Hall–Kier alpha value is -5.56. The third-order valence-electron chi connectivity index (χ3n) is 6.64. The first-order valence-electron chi connectivity index (χ1n) is 13.0. The molecule has 1 aliphatic rings. The van der Waals surface area contributed by atoms with E-state index < -0.39 is 6.03 Å². The quantitative estimate of drug-likeness (QED) is 0.265. The largest absolute Gasteiger partial charge is 0.424 e. The Bertz CT molecular complexity index is 1870. The Morgan fingerprint density at radius 1 is 0.905 bits per heavy atom. The van der Waals surface area contributed by atoms with E-state index in [9.17, 15) is 4.79 Å². The van der Waals surface area contributed by atoms with Crippen LogP contribution >= 0.6 is 11.6 Å². The van der Waals surface area contributed by atoms with Crippen molar-refractivity contribution in [2.45, 2.75) is 6.42 Å². The molecule has 42 heavy (non-hydrogen) atoms. The van der Waals surface area contributed by atoms with Crippen molar-refractivity contribution in [3.05, 3.63) is 90.7 Å². The standard InChI is InChI=1S/C28H22ClN11O2/c29-19-4-7-24(40-32-9-10-33-40)23(14-19)36-27(41)35-20-15-30-28(31-16-20)42-21-5-2-18(3-6-21)22-17-34-39-13-8-25(37-26(22)39)38-11-1-12-38/h2-10,13-17H,1,11-12H2,(H2,35,36,41). The monoisotopic (exact) mass is 579 g/mol. The van der Waals surface area contributed by atoms with Crippen LogP contribution in [0.2, 0.25) is 5.02 Å². The molecule has 13 nitrogen and oxygen atoms in total. The highest BCUT2D eigenvalue weighted by Gasteiger charge is 2.18. The number of benzene rings is 2. The predicted molar refractivity (Wildman–Crippen MR) is 156 cm³/mol. The molecule has 2 N–H and O–H groups in total. The maximum atomic E-state index is 12.7. The molecule has 0 bridgehead atoms. The van der Waals surface area contributed by atoms with Crippen molar-refractivity contribution in [1.29, 1.82) is 0 Å². The molecule has 208 valence electrons. The highest BCUT2D eigenvalue weighted by molar-refractivity contribution is 6.31. The number of nitrogens with one attached hydrogen (secondary N) is 2. The Morgan fingerprint density at radius 2 is 1.69 bits per heavy atom. The molecule has 7 rings (SSSR count). The number of nitrogens with zero attached hydrogens (tertiary/aromatic N) is 9. The van der Waals surface area contributed by atoms with Gasteiger partial charge in [-0.25, -0.2) is 24.3 Å². The van der Waals surface area contributed by atoms with Crippen molar-refractivity contribution < 1.29 is 9.53 Å². The van der Waals surface area contributed by atoms with Crippen molar-refractivity contribution in [3.8, 4) is 28.6 Å². The number of hydrogen-bond donors (Lipinski definition) is 2. The van der Waals surface area contributed by atoms with Crippen LogP contribution in [0.4, 0.5) is 22.0 Å². The normalized spacial score (nSPS) is 12.6. The average Bonchev–Trinajstić information content (AvgIpc) is 3.64. The molecule has 0 saturated carbocycles. The average molecular weight is 580 g/mol. The molecule has 14 heteroatoms. The molecule has 5 heterocycles. The second-order valence-corrected chi connectivity index (χ2v) is 9.83. The number of amides is 2. The smallest absolute Gasteiger partial charge is 0.323 e. The van der Waals surface area contributed by atoms with E-state index in [0.29, 0.717) is 27.8 Å². The molecule has 0 radical (unpaired) electrons. The van der Waals surface area contributed by atoms with Crippen LogP contribution in [0.3, 0.4) is 0 Å². The van der Waals surface area contributed by atoms with Gasteiger partial charge in [-0.15, -0.1) is 4.80 Å². The molecular formula is C28H22ClN11O2. The summed E-state index contributed by atoms with van der Waals surface area (Å²) in [5.74, 6) is 1.52. The van der Waals surface area contributed by atoms with Gasteiger partial charge in [0, 0.05) is 29.9 Å². The van der Waals surface area contributed by atoms with Gasteiger partial charge in [0.25, 0.3) is 0 Å². The molecule has 2 amide bonds. The maximum Gasteiger partial charge on any atom is 0.323 e. The molecule has 6 aromatic rings. The van der Waals surface area contributed by atoms with Crippen LogP contribution in [0.25, 0.3) is 22.5 Å². The van der Waals surface area contributed by atoms with Crippen molar-refractivity contribution in [2.75, 3.05) is 28.6 Å². The van der Waals surface area contributed by atoms with E-state index >= 15 is 0 Å². The van der Waals surface area contributed by atoms with Crippen molar-refractivity contribution in [1.82, 2.24) is 39.6 Å². The Kier molecular flexibility index (Phi) is 6.52. The first kappa shape index (κ1) is 25.4. The number of urea groups is 1. The first-order chi connectivity index (χ1) is 20.6. The van der Waals surface area contributed by atoms with E-state index in [-0.39, 0.29) is 6.01 Å². The highest BCUT2D eigenvalue weighted by atomic mass is 35.5. The Morgan fingerprint density at radius 3 is 2.43 bits per heavy atom. The number of carbonyl (C=O) groups is 1. The lowest BCUT2D eigenvalue weighted by Gasteiger charge is -2.31. The van der Waals surface area contributed by atoms with Gasteiger partial charge in [0.05, 0.1) is 42.4 Å². The van der Waals surface area contributed by atoms with Gasteiger partial charge in [-0.3, -0.25) is 0 Å². The summed E-state index contributed by atoms with van der Waals surface area (Å²) in [5, 5.41) is 18.5. The van der Waals surface area contributed by atoms with Crippen LogP contribution in [-0.4, -0.2) is 58.7 Å². The summed E-state index contributed by atoms with van der Waals surface area (Å²) in [6.07, 6.45) is 10.9. The summed E-state index contributed by atoms with van der Waals surface area (Å²) >= 11 is 6.12. The van der Waals surface area contributed by atoms with E-state index in [1.165, 1.54) is 36.0 Å². The van der Waals surface area contributed by atoms with E-state index in [4.69, 9.17) is 21.3 Å². The molecule has 0 spiro atoms. The minimum atomic E-state index is -0.516. The number of carbonyl (C=O) groups excluding carboxylic acids is 1. The fourth-order valence-corrected chi connectivity index (χ4v) is 4.61. The summed E-state index contributed by atoms with van der Waals surface area (Å²) in [7, 11) is 0. The number of halogens is 1. The lowest BCUT2D eigenvalue weighted by atomic mass is 10.1. The number of anilines is 3. The number of fused-ring (bicyclic) bond motifs is 1. The first-order valence-corrected chi connectivity index (χ1v) is 13.4. The van der Waals surface area contributed by atoms with Crippen LogP contribution in [0.15, 0.2) is 85.7 Å². The van der Waals surface area contributed by atoms with Gasteiger partial charge in [0.2, 0.25) is 0 Å². The third-order valence-corrected chi connectivity index (χ3v) is 6.87. The second-order valence-electron chi connectivity index (χ2n) is 9.39. The molecule has 0 atom stereocenters. The van der Waals surface area contributed by atoms with Crippen LogP contribution < -0.4 is 20.3 Å². The molecule has 2 aromatic carbocycles. The van der Waals surface area contributed by atoms with Gasteiger partial charge < -0.3 is 20.3 Å². The minimum Gasteiger partial charge on any atom is -0.424 e. The molecule has 1 aliphatic heterocycles. The maximum absolute atomic E-state index is 12.7. The molecule has 1 saturated heterocycles. The van der Waals surface area contributed by atoms with Crippen molar-refractivity contribution in [3.63, 3.8) is 0 Å². The van der Waals surface area contributed by atoms with Crippen LogP contribution in [0, 0.1) is 0 Å². The summed E-state index contributed by atoms with van der Waals surface area (Å²) < 4.78 is 7.59. The highest BCUT2D eigenvalue weighted by Crippen LogP contribution is 2.29. The zero-order chi connectivity index (χ0) is 28.5. The Balaban J connectivity index is 1.00. The lowest BCUT2D eigenvalue weighted by molar-refractivity contribution is 0.262. The Labute approximate surface area is 243 Å². The van der Waals surface area contributed by atoms with Gasteiger partial charge in [0.15, 0.2) is 5.65 Å². The van der Waals surface area contributed by atoms with Gasteiger partial charge in [-0.2, -0.15) is 15.3 Å². The van der Waals surface area contributed by atoms with Gasteiger partial charge >= 0.3 is 12.0 Å². The zero-order valence-electron chi connectivity index (χ0n) is 21.9. The fraction of sp³-hybridized carbons (Fsp3) is 0.107. The minimum absolute atomic E-state index is 0.132. The summed E-state index contributed by atoms with van der Waals surface area (Å²) in [6, 6.07) is 14.1. The van der Waals surface area contributed by atoms with Gasteiger partial charge in [0.1, 0.15) is 17.3 Å². The SMILES string of the molecule is O=C(Nc1cnc(Oc2ccc(-c3cnn4ccc(N5CCC5)nc34)cc2)nc1)Nc1cc(Cl)ccc1-n1nccn1. The molecule has 0 unspecified atom stereocenters.